The number of unbranched alkanes of at least 4 members (excludes halogenated alkanes) is 5. The van der Waals surface area contributed by atoms with Crippen LogP contribution < -0.4 is 14.1 Å². The van der Waals surface area contributed by atoms with Crippen LogP contribution in [0, 0.1) is 16.7 Å². The number of benzene rings is 2. The van der Waals surface area contributed by atoms with Crippen LogP contribution in [0.3, 0.4) is 0 Å². The Morgan fingerprint density at radius 3 is 2.36 bits per heavy atom. The predicted octanol–water partition coefficient (Wildman–Crippen LogP) is 7.33. The fraction of sp³-hybridized carbons (Fsp3) is 0.676. The third-order valence-electron chi connectivity index (χ3n) is 11.6. The molecule has 0 radical (unpaired) electrons. The highest BCUT2D eigenvalue weighted by Gasteiger charge is 2.62. The van der Waals surface area contributed by atoms with Gasteiger partial charge >= 0.3 is 10.3 Å². The molecule has 8 heteroatoms. The molecule has 0 heterocycles. The van der Waals surface area contributed by atoms with Gasteiger partial charge < -0.3 is 18.9 Å². The summed E-state index contributed by atoms with van der Waals surface area (Å²) in [5, 5.41) is 16.4. The van der Waals surface area contributed by atoms with Gasteiger partial charge in [0.1, 0.15) is 11.5 Å². The zero-order valence-corrected chi connectivity index (χ0v) is 28.8. The van der Waals surface area contributed by atoms with Gasteiger partial charge in [-0.1, -0.05) is 64.7 Å². The van der Waals surface area contributed by atoms with Crippen LogP contribution in [0.4, 0.5) is 0 Å². The van der Waals surface area contributed by atoms with Crippen molar-refractivity contribution in [1.82, 2.24) is 4.90 Å². The zero-order valence-electron chi connectivity index (χ0n) is 28.0. The Kier molecular flexibility index (Phi) is 10.9. The quantitative estimate of drug-likeness (QED) is 0.198. The topological polar surface area (TPSA) is 102 Å². The minimum atomic E-state index is -4.08. The first-order valence-electron chi connectivity index (χ1n) is 17.4. The molecular weight excluding hydrogens is 584 g/mol. The highest BCUT2D eigenvalue weighted by molar-refractivity contribution is 7.84. The summed E-state index contributed by atoms with van der Waals surface area (Å²) in [4.78, 5) is 2.45. The molecule has 6 atom stereocenters. The van der Waals surface area contributed by atoms with E-state index in [1.54, 1.807) is 6.07 Å². The van der Waals surface area contributed by atoms with E-state index in [2.05, 4.69) is 63.1 Å². The van der Waals surface area contributed by atoms with Gasteiger partial charge in [-0.25, -0.2) is 0 Å². The Labute approximate surface area is 272 Å². The highest BCUT2D eigenvalue weighted by Crippen LogP contribution is 2.70. The van der Waals surface area contributed by atoms with Crippen molar-refractivity contribution in [1.29, 1.82) is 0 Å². The van der Waals surface area contributed by atoms with Crippen LogP contribution >= 0.6 is 0 Å². The summed E-state index contributed by atoms with van der Waals surface area (Å²) < 4.78 is 34.4. The molecule has 0 aliphatic heterocycles. The molecule has 0 aromatic heterocycles. The summed E-state index contributed by atoms with van der Waals surface area (Å²) in [5.74, 6) is 2.09. The van der Waals surface area contributed by atoms with E-state index in [9.17, 15) is 13.5 Å². The SMILES string of the molecule is CCCCN(C)CCCCCCCOc1ccc([C@H]2C[C@@]3(C)[C@@H](CC[C@@H]3O)[C@]3(C)CCc4cc(OS(N)(=O)=O)ccc4[C@@H]23)cc1. The fourth-order valence-electron chi connectivity index (χ4n) is 9.30. The Hall–Kier alpha value is -2.13. The van der Waals surface area contributed by atoms with E-state index in [-0.39, 0.29) is 34.5 Å². The third kappa shape index (κ3) is 7.72. The first kappa shape index (κ1) is 34.2. The van der Waals surface area contributed by atoms with Crippen LogP contribution in [0.15, 0.2) is 42.5 Å². The number of aliphatic hydroxyl groups is 1. The van der Waals surface area contributed by atoms with Crippen molar-refractivity contribution >= 4 is 10.3 Å². The molecule has 0 unspecified atom stereocenters. The number of hydrogen-bond acceptors (Lipinski definition) is 6. The molecule has 2 aromatic carbocycles. The highest BCUT2D eigenvalue weighted by atomic mass is 32.2. The molecule has 3 N–H and O–H groups in total. The molecule has 7 nitrogen and oxygen atoms in total. The number of rotatable bonds is 15. The molecule has 45 heavy (non-hydrogen) atoms. The number of fused-ring (bicyclic) bond motifs is 5. The van der Waals surface area contributed by atoms with Crippen molar-refractivity contribution < 1.29 is 22.4 Å². The molecule has 0 amide bonds. The van der Waals surface area contributed by atoms with Crippen molar-refractivity contribution in [2.24, 2.45) is 21.9 Å². The van der Waals surface area contributed by atoms with Crippen molar-refractivity contribution in [2.45, 2.75) is 116 Å². The molecule has 5 rings (SSSR count). The summed E-state index contributed by atoms with van der Waals surface area (Å²) in [7, 11) is -1.85. The molecule has 3 aliphatic carbocycles. The van der Waals surface area contributed by atoms with Crippen molar-refractivity contribution in [3.05, 3.63) is 59.2 Å². The van der Waals surface area contributed by atoms with Gasteiger partial charge in [0.15, 0.2) is 0 Å². The monoisotopic (exact) mass is 640 g/mol. The van der Waals surface area contributed by atoms with Gasteiger partial charge in [-0.2, -0.15) is 13.6 Å². The van der Waals surface area contributed by atoms with Crippen LogP contribution in [0.1, 0.15) is 120 Å². The van der Waals surface area contributed by atoms with Crippen LogP contribution in [0.5, 0.6) is 11.5 Å². The average molecular weight is 641 g/mol. The number of nitrogens with two attached hydrogens (primary N) is 1. The van der Waals surface area contributed by atoms with Gasteiger partial charge in [-0.3, -0.25) is 0 Å². The van der Waals surface area contributed by atoms with Crippen LogP contribution in [-0.2, 0) is 16.7 Å². The second kappa shape index (κ2) is 14.3. The molecule has 0 spiro atoms. The van der Waals surface area contributed by atoms with E-state index < -0.39 is 10.3 Å². The Bertz CT molecular complexity index is 1380. The first-order chi connectivity index (χ1) is 21.4. The summed E-state index contributed by atoms with van der Waals surface area (Å²) in [6.45, 7) is 10.1. The lowest BCUT2D eigenvalue weighted by Crippen LogP contribution is -2.52. The molecule has 250 valence electrons. The van der Waals surface area contributed by atoms with Gasteiger partial charge in [0.05, 0.1) is 12.7 Å². The number of hydrogen-bond donors (Lipinski definition) is 2. The minimum Gasteiger partial charge on any atom is -0.494 e. The lowest BCUT2D eigenvalue weighted by Gasteiger charge is -2.60. The Balaban J connectivity index is 1.25. The molecule has 2 aromatic rings. The van der Waals surface area contributed by atoms with E-state index >= 15 is 0 Å². The van der Waals surface area contributed by atoms with E-state index in [1.165, 1.54) is 62.7 Å². The fourth-order valence-corrected chi connectivity index (χ4v) is 9.68. The van der Waals surface area contributed by atoms with E-state index in [0.717, 1.165) is 56.4 Å². The maximum Gasteiger partial charge on any atom is 0.380 e. The molecule has 0 bridgehead atoms. The normalized spacial score (nSPS) is 29.2. The number of aryl methyl sites for hydroxylation is 1. The van der Waals surface area contributed by atoms with Gasteiger partial charge in [0.2, 0.25) is 0 Å². The van der Waals surface area contributed by atoms with Crippen molar-refractivity contribution in [2.75, 3.05) is 26.7 Å². The number of ether oxygens (including phenoxy) is 1. The van der Waals surface area contributed by atoms with E-state index in [0.29, 0.717) is 5.92 Å². The van der Waals surface area contributed by atoms with Gasteiger partial charge in [0.25, 0.3) is 0 Å². The summed E-state index contributed by atoms with van der Waals surface area (Å²) >= 11 is 0. The molecule has 0 saturated heterocycles. The molecule has 3 aliphatic rings. The van der Waals surface area contributed by atoms with Crippen LogP contribution in [0.25, 0.3) is 0 Å². The molecule has 2 saturated carbocycles. The maximum absolute atomic E-state index is 11.6. The summed E-state index contributed by atoms with van der Waals surface area (Å²) in [6, 6.07) is 14.3. The maximum atomic E-state index is 11.6. The largest absolute Gasteiger partial charge is 0.494 e. The molecule has 2 fully saturated rings. The second-order valence-corrected chi connectivity index (χ2v) is 15.9. The molecular formula is C37H56N2O5S. The summed E-state index contributed by atoms with van der Waals surface area (Å²) in [5.41, 5.74) is 3.56. The van der Waals surface area contributed by atoms with Crippen molar-refractivity contribution in [3.63, 3.8) is 0 Å². The smallest absolute Gasteiger partial charge is 0.380 e. The van der Waals surface area contributed by atoms with Crippen molar-refractivity contribution in [3.8, 4) is 11.5 Å². The van der Waals surface area contributed by atoms with Gasteiger partial charge in [-0.05, 0) is 141 Å². The standard InChI is InChI=1S/C37H56N2O5S/c1-5-6-22-39(4)23-10-8-7-9-11-24-43-29-14-12-27(13-15-29)32-26-37(3)33(18-19-34(37)40)36(2)21-20-28-25-30(44-45(38,41)42)16-17-31(28)35(32)36/h12-17,25,32-35,40H,5-11,18-24,26H2,1-4H3,(H2,38,41,42)/t32-,33+,34+,35+,36+,37+/m1/s1. The minimum absolute atomic E-state index is 0.0184. The van der Waals surface area contributed by atoms with Crippen LogP contribution in [0.2, 0.25) is 0 Å². The Morgan fingerprint density at radius 2 is 1.62 bits per heavy atom. The lowest BCUT2D eigenvalue weighted by molar-refractivity contribution is -0.0768. The van der Waals surface area contributed by atoms with Crippen LogP contribution in [-0.4, -0.2) is 51.3 Å². The Morgan fingerprint density at radius 1 is 0.933 bits per heavy atom. The first-order valence-corrected chi connectivity index (χ1v) is 18.9. The van der Waals surface area contributed by atoms with E-state index in [4.69, 9.17) is 14.1 Å². The summed E-state index contributed by atoms with van der Waals surface area (Å²) in [6.07, 6.45) is 13.0. The zero-order chi connectivity index (χ0) is 32.2. The second-order valence-electron chi connectivity index (χ2n) is 14.7. The lowest BCUT2D eigenvalue weighted by atomic mass is 9.44. The average Bonchev–Trinajstić information content (AvgIpc) is 3.30. The van der Waals surface area contributed by atoms with E-state index in [1.807, 2.05) is 6.07 Å². The third-order valence-corrected chi connectivity index (χ3v) is 12.0. The van der Waals surface area contributed by atoms with Gasteiger partial charge in [-0.15, -0.1) is 0 Å². The number of aliphatic hydroxyl groups excluding tert-OH is 1. The predicted molar refractivity (Wildman–Crippen MR) is 181 cm³/mol. The number of nitrogens with zero attached hydrogens (tertiary/aromatic N) is 1. The van der Waals surface area contributed by atoms with Gasteiger partial charge in [0, 0.05) is 0 Å².